The van der Waals surface area contributed by atoms with Crippen molar-refractivity contribution in [2.45, 2.75) is 56.4 Å². The van der Waals surface area contributed by atoms with E-state index in [1.807, 2.05) is 31.2 Å². The number of carbonyl (C=O) groups excluding carboxylic acids is 2. The zero-order valence-corrected chi connectivity index (χ0v) is 14.7. The highest BCUT2D eigenvalue weighted by atomic mass is 35.5. The van der Waals surface area contributed by atoms with Gasteiger partial charge in [-0.2, -0.15) is 0 Å². The Balaban J connectivity index is 1.70. The molecule has 1 saturated carbocycles. The maximum absolute atomic E-state index is 12.5. The van der Waals surface area contributed by atoms with Crippen molar-refractivity contribution in [3.63, 3.8) is 0 Å². The lowest BCUT2D eigenvalue weighted by Gasteiger charge is -2.27. The topological polar surface area (TPSA) is 49.4 Å². The summed E-state index contributed by atoms with van der Waals surface area (Å²) in [6.45, 7) is 1.92. The number of nitrogens with zero attached hydrogens (tertiary/aromatic N) is 1. The van der Waals surface area contributed by atoms with Crippen LogP contribution in [0.15, 0.2) is 24.3 Å². The molecule has 3 amide bonds. The largest absolute Gasteiger partial charge is 0.335 e. The van der Waals surface area contributed by atoms with E-state index in [4.69, 9.17) is 11.6 Å². The highest BCUT2D eigenvalue weighted by Crippen LogP contribution is 2.43. The van der Waals surface area contributed by atoms with Crippen molar-refractivity contribution in [3.8, 4) is 0 Å². The minimum atomic E-state index is -0.258. The first-order valence-corrected chi connectivity index (χ1v) is 9.38. The standard InChI is InChI=1S/C17H21ClN2O2S/c1-11-15(12-6-5-7-13(18)10-12)23-17(22)20(11)16(21)19-14-8-3-2-4-9-14/h5-7,10-11,14-15H,2-4,8-9H2,1H3,(H,19,21)/t11-,15+/m1/s1. The van der Waals surface area contributed by atoms with Crippen LogP contribution in [0, 0.1) is 0 Å². The Labute approximate surface area is 145 Å². The molecule has 6 heteroatoms. The Bertz CT molecular complexity index is 604. The Morgan fingerprint density at radius 1 is 1.30 bits per heavy atom. The van der Waals surface area contributed by atoms with E-state index in [1.165, 1.54) is 23.1 Å². The molecule has 3 rings (SSSR count). The monoisotopic (exact) mass is 352 g/mol. The predicted molar refractivity (Wildman–Crippen MR) is 93.9 cm³/mol. The fraction of sp³-hybridized carbons (Fsp3) is 0.529. The van der Waals surface area contributed by atoms with Crippen LogP contribution in [0.3, 0.4) is 0 Å². The molecule has 0 unspecified atom stereocenters. The Morgan fingerprint density at radius 3 is 2.74 bits per heavy atom. The Kier molecular flexibility index (Phi) is 5.17. The molecule has 124 valence electrons. The van der Waals surface area contributed by atoms with Gasteiger partial charge in [0.15, 0.2) is 0 Å². The summed E-state index contributed by atoms with van der Waals surface area (Å²) < 4.78 is 0. The summed E-state index contributed by atoms with van der Waals surface area (Å²) in [4.78, 5) is 26.2. The van der Waals surface area contributed by atoms with Gasteiger partial charge in [0.25, 0.3) is 5.24 Å². The summed E-state index contributed by atoms with van der Waals surface area (Å²) in [5.41, 5.74) is 0.983. The predicted octanol–water partition coefficient (Wildman–Crippen LogP) is 4.98. The fourth-order valence-corrected chi connectivity index (χ4v) is 4.73. The first-order valence-electron chi connectivity index (χ1n) is 8.12. The summed E-state index contributed by atoms with van der Waals surface area (Å²) >= 11 is 7.25. The molecule has 1 aromatic rings. The highest BCUT2D eigenvalue weighted by molar-refractivity contribution is 8.14. The molecule has 1 aliphatic carbocycles. The molecule has 1 saturated heterocycles. The van der Waals surface area contributed by atoms with Gasteiger partial charge in [0, 0.05) is 11.1 Å². The average Bonchev–Trinajstić information content (AvgIpc) is 2.83. The van der Waals surface area contributed by atoms with E-state index in [0.717, 1.165) is 31.2 Å². The summed E-state index contributed by atoms with van der Waals surface area (Å²) in [6, 6.07) is 7.26. The number of urea groups is 1. The molecule has 2 atom stereocenters. The summed E-state index contributed by atoms with van der Waals surface area (Å²) in [5, 5.41) is 3.42. The number of rotatable bonds is 2. The lowest BCUT2D eigenvalue weighted by atomic mass is 9.96. The second-order valence-electron chi connectivity index (χ2n) is 6.25. The molecule has 4 nitrogen and oxygen atoms in total. The highest BCUT2D eigenvalue weighted by Gasteiger charge is 2.42. The lowest BCUT2D eigenvalue weighted by molar-refractivity contribution is 0.184. The number of halogens is 1. The van der Waals surface area contributed by atoms with Crippen LogP contribution in [0.2, 0.25) is 5.02 Å². The van der Waals surface area contributed by atoms with E-state index in [9.17, 15) is 9.59 Å². The molecule has 0 aromatic heterocycles. The number of carbonyl (C=O) groups is 2. The fourth-order valence-electron chi connectivity index (χ4n) is 3.35. The Hall–Kier alpha value is -1.20. The smallest absolute Gasteiger partial charge is 0.325 e. The number of amides is 3. The van der Waals surface area contributed by atoms with E-state index in [1.54, 1.807) is 0 Å². The van der Waals surface area contributed by atoms with Crippen molar-refractivity contribution in [3.05, 3.63) is 34.9 Å². The minimum absolute atomic E-state index is 0.0710. The van der Waals surface area contributed by atoms with Gasteiger partial charge < -0.3 is 5.32 Å². The zero-order valence-electron chi connectivity index (χ0n) is 13.1. The average molecular weight is 353 g/mol. The van der Waals surface area contributed by atoms with Crippen LogP contribution in [0.4, 0.5) is 9.59 Å². The lowest BCUT2D eigenvalue weighted by Crippen LogP contribution is -2.48. The van der Waals surface area contributed by atoms with E-state index in [-0.39, 0.29) is 28.6 Å². The van der Waals surface area contributed by atoms with Gasteiger partial charge >= 0.3 is 6.03 Å². The van der Waals surface area contributed by atoms with E-state index >= 15 is 0 Å². The van der Waals surface area contributed by atoms with Gasteiger partial charge in [0.1, 0.15) is 0 Å². The molecule has 0 bridgehead atoms. The second kappa shape index (κ2) is 7.14. The molecule has 2 aliphatic rings. The van der Waals surface area contributed by atoms with Crippen molar-refractivity contribution in [2.24, 2.45) is 0 Å². The van der Waals surface area contributed by atoms with E-state index in [2.05, 4.69) is 5.32 Å². The molecule has 1 heterocycles. The van der Waals surface area contributed by atoms with Gasteiger partial charge in [0.2, 0.25) is 0 Å². The van der Waals surface area contributed by atoms with Crippen molar-refractivity contribution < 1.29 is 9.59 Å². The third-order valence-electron chi connectivity index (χ3n) is 4.60. The maximum Gasteiger partial charge on any atom is 0.325 e. The number of thioether (sulfide) groups is 1. The molecule has 2 fully saturated rings. The minimum Gasteiger partial charge on any atom is -0.335 e. The van der Waals surface area contributed by atoms with Crippen LogP contribution in [-0.2, 0) is 0 Å². The van der Waals surface area contributed by atoms with Gasteiger partial charge in [-0.15, -0.1) is 0 Å². The first-order chi connectivity index (χ1) is 11.1. The molecule has 1 N–H and O–H groups in total. The molecule has 0 spiro atoms. The van der Waals surface area contributed by atoms with E-state index < -0.39 is 0 Å². The van der Waals surface area contributed by atoms with Gasteiger partial charge in [-0.25, -0.2) is 4.79 Å². The van der Waals surface area contributed by atoms with Gasteiger partial charge in [-0.3, -0.25) is 9.69 Å². The number of hydrogen-bond acceptors (Lipinski definition) is 3. The number of nitrogens with one attached hydrogen (secondary N) is 1. The van der Waals surface area contributed by atoms with Gasteiger partial charge in [0.05, 0.1) is 11.3 Å². The molecule has 1 aromatic carbocycles. The van der Waals surface area contributed by atoms with Crippen LogP contribution in [0.5, 0.6) is 0 Å². The number of imide groups is 1. The normalized spacial score (nSPS) is 25.7. The molecule has 23 heavy (non-hydrogen) atoms. The van der Waals surface area contributed by atoms with Crippen LogP contribution in [-0.4, -0.2) is 28.3 Å². The zero-order chi connectivity index (χ0) is 16.4. The molecular weight excluding hydrogens is 332 g/mol. The number of benzene rings is 1. The third kappa shape index (κ3) is 3.66. The van der Waals surface area contributed by atoms with Gasteiger partial charge in [-0.05, 0) is 37.5 Å². The van der Waals surface area contributed by atoms with Crippen LogP contribution in [0.25, 0.3) is 0 Å². The summed E-state index contributed by atoms with van der Waals surface area (Å²) in [6.07, 6.45) is 5.54. The second-order valence-corrected chi connectivity index (χ2v) is 7.78. The van der Waals surface area contributed by atoms with Crippen LogP contribution in [0.1, 0.15) is 49.8 Å². The summed E-state index contributed by atoms with van der Waals surface area (Å²) in [5.74, 6) is 0. The molecule has 0 radical (unpaired) electrons. The SMILES string of the molecule is C[C@@H]1[C@@H](c2cccc(Cl)c2)SC(=O)N1C(=O)NC1CCCCC1. The van der Waals surface area contributed by atoms with Crippen LogP contribution >= 0.6 is 23.4 Å². The molecular formula is C17H21ClN2O2S. The Morgan fingerprint density at radius 2 is 2.04 bits per heavy atom. The summed E-state index contributed by atoms with van der Waals surface area (Å²) in [7, 11) is 0. The first kappa shape index (κ1) is 16.7. The third-order valence-corrected chi connectivity index (χ3v) is 6.15. The van der Waals surface area contributed by atoms with Gasteiger partial charge in [-0.1, -0.05) is 54.8 Å². The molecule has 1 aliphatic heterocycles. The van der Waals surface area contributed by atoms with E-state index in [0.29, 0.717) is 5.02 Å². The van der Waals surface area contributed by atoms with Crippen molar-refractivity contribution in [2.75, 3.05) is 0 Å². The maximum atomic E-state index is 12.5. The van der Waals surface area contributed by atoms with Crippen molar-refractivity contribution in [1.29, 1.82) is 0 Å². The quantitative estimate of drug-likeness (QED) is 0.816. The van der Waals surface area contributed by atoms with Crippen molar-refractivity contribution >= 4 is 34.6 Å². The van der Waals surface area contributed by atoms with Crippen LogP contribution < -0.4 is 5.32 Å². The number of hydrogen-bond donors (Lipinski definition) is 1. The van der Waals surface area contributed by atoms with Crippen molar-refractivity contribution in [1.82, 2.24) is 10.2 Å².